The zero-order valence-electron chi connectivity index (χ0n) is 20.3. The van der Waals surface area contributed by atoms with E-state index in [2.05, 4.69) is 34.9 Å². The minimum absolute atomic E-state index is 0.00721. The lowest BCUT2D eigenvalue weighted by Crippen LogP contribution is -2.44. The second-order valence-corrected chi connectivity index (χ2v) is 10.1. The van der Waals surface area contributed by atoms with Crippen molar-refractivity contribution < 1.29 is 24.2 Å². The molecule has 3 atom stereocenters. The molecule has 0 radical (unpaired) electrons. The van der Waals surface area contributed by atoms with Crippen LogP contribution in [0.15, 0.2) is 48.5 Å². The number of amides is 2. The Morgan fingerprint density at radius 2 is 1.63 bits per heavy atom. The standard InChI is InChI=1S/C28H34N2O5/c1-17(2)14-25(27(32)33)29-26(31)15-18-8-7-13-24(18)30-28(34)35-16-23-21-11-5-3-9-19(21)20-10-4-6-12-22(20)23/h3-6,9-12,17-18,23-25H,7-8,13-16H2,1-2H3,(H,29,31)(H,30,34)(H,32,33)/t18-,24+,25?/m0/s1. The van der Waals surface area contributed by atoms with E-state index < -0.39 is 18.1 Å². The Hall–Kier alpha value is -3.35. The number of carbonyl (C=O) groups is 3. The SMILES string of the molecule is CC(C)CC(NC(=O)C[C@@H]1CCC[C@H]1NC(=O)OCC1c2ccccc2-c2ccccc21)C(=O)O. The second kappa shape index (κ2) is 10.9. The number of aliphatic carboxylic acids is 1. The van der Waals surface area contributed by atoms with Crippen LogP contribution in [-0.2, 0) is 14.3 Å². The van der Waals surface area contributed by atoms with Crippen LogP contribution >= 0.6 is 0 Å². The van der Waals surface area contributed by atoms with Gasteiger partial charge in [-0.05, 0) is 53.4 Å². The minimum Gasteiger partial charge on any atom is -0.480 e. The highest BCUT2D eigenvalue weighted by molar-refractivity contribution is 5.83. The first-order valence-electron chi connectivity index (χ1n) is 12.5. The number of rotatable bonds is 9. The molecule has 2 aliphatic carbocycles. The lowest BCUT2D eigenvalue weighted by atomic mass is 9.98. The van der Waals surface area contributed by atoms with Crippen molar-refractivity contribution in [3.05, 3.63) is 59.7 Å². The molecule has 0 aromatic heterocycles. The minimum atomic E-state index is -1.02. The van der Waals surface area contributed by atoms with Crippen LogP contribution in [0.2, 0.25) is 0 Å². The second-order valence-electron chi connectivity index (χ2n) is 10.1. The summed E-state index contributed by atoms with van der Waals surface area (Å²) >= 11 is 0. The average molecular weight is 479 g/mol. The Morgan fingerprint density at radius 3 is 2.23 bits per heavy atom. The number of carboxylic acid groups (broad SMARTS) is 1. The molecule has 0 saturated heterocycles. The van der Waals surface area contributed by atoms with Gasteiger partial charge in [0.05, 0.1) is 0 Å². The van der Waals surface area contributed by atoms with Gasteiger partial charge in [-0.2, -0.15) is 0 Å². The number of hydrogen-bond donors (Lipinski definition) is 3. The Labute approximate surface area is 206 Å². The molecule has 186 valence electrons. The summed E-state index contributed by atoms with van der Waals surface area (Å²) in [6.45, 7) is 4.09. The van der Waals surface area contributed by atoms with E-state index in [1.54, 1.807) is 0 Å². The summed E-state index contributed by atoms with van der Waals surface area (Å²) in [5.41, 5.74) is 4.67. The number of carbonyl (C=O) groups excluding carboxylic acids is 2. The average Bonchev–Trinajstić information content (AvgIpc) is 3.38. The number of ether oxygens (including phenoxy) is 1. The van der Waals surface area contributed by atoms with Crippen LogP contribution in [0.25, 0.3) is 11.1 Å². The van der Waals surface area contributed by atoms with Crippen molar-refractivity contribution in [1.29, 1.82) is 0 Å². The predicted molar refractivity (Wildman–Crippen MR) is 133 cm³/mol. The van der Waals surface area contributed by atoms with Gasteiger partial charge in [0, 0.05) is 18.4 Å². The van der Waals surface area contributed by atoms with Crippen molar-refractivity contribution in [3.63, 3.8) is 0 Å². The van der Waals surface area contributed by atoms with Crippen molar-refractivity contribution in [1.82, 2.24) is 10.6 Å². The maximum atomic E-state index is 12.7. The molecule has 0 spiro atoms. The Balaban J connectivity index is 1.31. The van der Waals surface area contributed by atoms with E-state index in [4.69, 9.17) is 4.74 Å². The van der Waals surface area contributed by atoms with E-state index in [0.29, 0.717) is 6.42 Å². The summed E-state index contributed by atoms with van der Waals surface area (Å²) in [5, 5.41) is 15.0. The number of fused-ring (bicyclic) bond motifs is 3. The molecule has 0 heterocycles. The molecule has 2 aromatic carbocycles. The predicted octanol–water partition coefficient (Wildman–Crippen LogP) is 4.70. The van der Waals surface area contributed by atoms with Crippen LogP contribution in [0.4, 0.5) is 4.79 Å². The summed E-state index contributed by atoms with van der Waals surface area (Å²) < 4.78 is 5.67. The number of alkyl carbamates (subject to hydrolysis) is 1. The smallest absolute Gasteiger partial charge is 0.407 e. The van der Waals surface area contributed by atoms with Gasteiger partial charge in [-0.1, -0.05) is 68.8 Å². The third-order valence-corrected chi connectivity index (χ3v) is 7.09. The van der Waals surface area contributed by atoms with Crippen molar-refractivity contribution in [3.8, 4) is 11.1 Å². The van der Waals surface area contributed by atoms with Crippen molar-refractivity contribution in [2.45, 2.75) is 64.0 Å². The lowest BCUT2D eigenvalue weighted by Gasteiger charge is -2.23. The molecule has 2 amide bonds. The molecule has 0 bridgehead atoms. The third kappa shape index (κ3) is 5.84. The van der Waals surface area contributed by atoms with E-state index in [9.17, 15) is 19.5 Å². The Morgan fingerprint density at radius 1 is 1.00 bits per heavy atom. The zero-order valence-corrected chi connectivity index (χ0v) is 20.3. The molecule has 4 rings (SSSR count). The summed E-state index contributed by atoms with van der Waals surface area (Å²) in [4.78, 5) is 36.7. The zero-order chi connectivity index (χ0) is 24.9. The van der Waals surface area contributed by atoms with Gasteiger partial charge in [-0.15, -0.1) is 0 Å². The highest BCUT2D eigenvalue weighted by Gasteiger charge is 2.33. The van der Waals surface area contributed by atoms with Gasteiger partial charge >= 0.3 is 12.1 Å². The van der Waals surface area contributed by atoms with Gasteiger partial charge < -0.3 is 20.5 Å². The first kappa shape index (κ1) is 24.8. The maximum Gasteiger partial charge on any atom is 0.407 e. The molecule has 1 fully saturated rings. The summed E-state index contributed by atoms with van der Waals surface area (Å²) in [5.74, 6) is -1.20. The van der Waals surface area contributed by atoms with Crippen LogP contribution < -0.4 is 10.6 Å². The maximum absolute atomic E-state index is 12.7. The van der Waals surface area contributed by atoms with Gasteiger partial charge in [0.2, 0.25) is 5.91 Å². The largest absolute Gasteiger partial charge is 0.480 e. The molecule has 7 heteroatoms. The summed E-state index contributed by atoms with van der Waals surface area (Å²) in [6, 6.07) is 15.3. The van der Waals surface area contributed by atoms with E-state index >= 15 is 0 Å². The van der Waals surface area contributed by atoms with Crippen molar-refractivity contribution in [2.24, 2.45) is 11.8 Å². The number of hydrogen-bond acceptors (Lipinski definition) is 4. The number of nitrogens with one attached hydrogen (secondary N) is 2. The molecular weight excluding hydrogens is 444 g/mol. The fraction of sp³-hybridized carbons (Fsp3) is 0.464. The Kier molecular flexibility index (Phi) is 7.73. The van der Waals surface area contributed by atoms with Crippen molar-refractivity contribution in [2.75, 3.05) is 6.61 Å². The fourth-order valence-corrected chi connectivity index (χ4v) is 5.45. The highest BCUT2D eigenvalue weighted by Crippen LogP contribution is 2.44. The van der Waals surface area contributed by atoms with Crippen molar-refractivity contribution >= 4 is 18.0 Å². The molecule has 1 unspecified atom stereocenters. The Bertz CT molecular complexity index is 1040. The molecule has 7 nitrogen and oxygen atoms in total. The number of carboxylic acids is 1. The van der Waals surface area contributed by atoms with Crippen LogP contribution in [0.1, 0.15) is 63.0 Å². The normalized spacial score (nSPS) is 19.6. The molecule has 0 aliphatic heterocycles. The van der Waals surface area contributed by atoms with Crippen LogP contribution in [0, 0.1) is 11.8 Å². The molecule has 3 N–H and O–H groups in total. The fourth-order valence-electron chi connectivity index (χ4n) is 5.45. The molecule has 2 aliphatic rings. The van der Waals surface area contributed by atoms with Gasteiger partial charge in [0.25, 0.3) is 0 Å². The van der Waals surface area contributed by atoms with E-state index in [-0.39, 0.29) is 42.7 Å². The first-order chi connectivity index (χ1) is 16.8. The van der Waals surface area contributed by atoms with Gasteiger partial charge in [-0.3, -0.25) is 4.79 Å². The van der Waals surface area contributed by atoms with Gasteiger partial charge in [0.15, 0.2) is 0 Å². The number of benzene rings is 2. The van der Waals surface area contributed by atoms with Gasteiger partial charge in [0.1, 0.15) is 12.6 Å². The van der Waals surface area contributed by atoms with Crippen LogP contribution in [-0.4, -0.2) is 41.8 Å². The molecule has 2 aromatic rings. The van der Waals surface area contributed by atoms with E-state index in [1.165, 1.54) is 11.1 Å². The third-order valence-electron chi connectivity index (χ3n) is 7.09. The quantitative estimate of drug-likeness (QED) is 0.485. The first-order valence-corrected chi connectivity index (χ1v) is 12.5. The highest BCUT2D eigenvalue weighted by atomic mass is 16.5. The molecule has 35 heavy (non-hydrogen) atoms. The summed E-state index contributed by atoms with van der Waals surface area (Å²) in [6.07, 6.45) is 2.58. The van der Waals surface area contributed by atoms with E-state index in [0.717, 1.165) is 30.4 Å². The van der Waals surface area contributed by atoms with E-state index in [1.807, 2.05) is 38.1 Å². The van der Waals surface area contributed by atoms with Crippen LogP contribution in [0.3, 0.4) is 0 Å². The summed E-state index contributed by atoms with van der Waals surface area (Å²) in [7, 11) is 0. The topological polar surface area (TPSA) is 105 Å². The monoisotopic (exact) mass is 478 g/mol. The molecular formula is C28H34N2O5. The molecule has 1 saturated carbocycles. The lowest BCUT2D eigenvalue weighted by molar-refractivity contribution is -0.142. The van der Waals surface area contributed by atoms with Crippen LogP contribution in [0.5, 0.6) is 0 Å². The van der Waals surface area contributed by atoms with Gasteiger partial charge in [-0.25, -0.2) is 9.59 Å².